The van der Waals surface area contributed by atoms with Crippen molar-refractivity contribution in [2.75, 3.05) is 5.43 Å². The zero-order valence-electron chi connectivity index (χ0n) is 21.3. The van der Waals surface area contributed by atoms with Gasteiger partial charge in [-0.3, -0.25) is 10.2 Å². The first kappa shape index (κ1) is 27.3. The predicted molar refractivity (Wildman–Crippen MR) is 145 cm³/mol. The van der Waals surface area contributed by atoms with Gasteiger partial charge in [-0.1, -0.05) is 30.2 Å². The van der Waals surface area contributed by atoms with Crippen LogP contribution < -0.4 is 21.7 Å². The maximum atomic E-state index is 13.0. The molecule has 1 aliphatic rings. The summed E-state index contributed by atoms with van der Waals surface area (Å²) in [6, 6.07) is 10.0. The van der Waals surface area contributed by atoms with E-state index in [-0.39, 0.29) is 6.54 Å². The van der Waals surface area contributed by atoms with Crippen molar-refractivity contribution in [3.8, 4) is 0 Å². The molecule has 5 N–H and O–H groups in total. The molecule has 10 nitrogen and oxygen atoms in total. The van der Waals surface area contributed by atoms with Crippen LogP contribution in [0.1, 0.15) is 50.0 Å². The van der Waals surface area contributed by atoms with Gasteiger partial charge >= 0.3 is 18.0 Å². The molecule has 0 saturated carbocycles. The van der Waals surface area contributed by atoms with Crippen LogP contribution in [-0.4, -0.2) is 34.1 Å². The van der Waals surface area contributed by atoms with Gasteiger partial charge in [-0.25, -0.2) is 14.5 Å². The van der Waals surface area contributed by atoms with Gasteiger partial charge < -0.3 is 20.3 Å². The summed E-state index contributed by atoms with van der Waals surface area (Å²) in [5.41, 5.74) is 11.5. The number of urea groups is 2. The van der Waals surface area contributed by atoms with Crippen molar-refractivity contribution >= 4 is 46.3 Å². The number of hydrazine groups is 2. The molecule has 1 heterocycles. The lowest BCUT2D eigenvalue weighted by Gasteiger charge is -2.30. The molecule has 2 aromatic carbocycles. The van der Waals surface area contributed by atoms with Gasteiger partial charge in [-0.05, 0) is 69.0 Å². The molecule has 2 atom stereocenters. The highest BCUT2D eigenvalue weighted by Crippen LogP contribution is 2.32. The van der Waals surface area contributed by atoms with Crippen LogP contribution in [0, 0.1) is 5.92 Å². The molecule has 0 aliphatic heterocycles. The average molecular weight is 542 g/mol. The topological polar surface area (TPSA) is 136 Å². The number of carboxylic acids is 1. The number of anilines is 1. The Labute approximate surface area is 225 Å². The van der Waals surface area contributed by atoms with E-state index < -0.39 is 30.0 Å². The molecule has 11 heteroatoms. The van der Waals surface area contributed by atoms with Gasteiger partial charge in [0.15, 0.2) is 0 Å². The highest BCUT2D eigenvalue weighted by molar-refractivity contribution is 6.30. The monoisotopic (exact) mass is 541 g/mol. The first-order chi connectivity index (χ1) is 18.2. The molecule has 3 aromatic rings. The van der Waals surface area contributed by atoms with Gasteiger partial charge in [0.1, 0.15) is 11.3 Å². The van der Waals surface area contributed by atoms with Crippen molar-refractivity contribution in [2.24, 2.45) is 5.92 Å². The minimum Gasteiger partial charge on any atom is -0.481 e. The van der Waals surface area contributed by atoms with Crippen molar-refractivity contribution < 1.29 is 23.9 Å². The third-order valence-electron chi connectivity index (χ3n) is 6.90. The molecule has 0 unspecified atom stereocenters. The lowest BCUT2D eigenvalue weighted by molar-refractivity contribution is -0.142. The summed E-state index contributed by atoms with van der Waals surface area (Å²) in [5, 5.41) is 13.7. The fourth-order valence-corrected chi connectivity index (χ4v) is 4.62. The number of amides is 4. The number of nitrogens with one attached hydrogen (secondary N) is 4. The van der Waals surface area contributed by atoms with Crippen molar-refractivity contribution in [3.63, 3.8) is 0 Å². The summed E-state index contributed by atoms with van der Waals surface area (Å²) in [6.45, 7) is 3.08. The average Bonchev–Trinajstić information content (AvgIpc) is 3.07. The second kappa shape index (κ2) is 12.2. The Bertz CT molecular complexity index is 1310. The van der Waals surface area contributed by atoms with E-state index in [0.717, 1.165) is 52.9 Å². The number of aryl methyl sites for hydroxylation is 2. The molecule has 0 fully saturated rings. The molecule has 38 heavy (non-hydrogen) atoms. The zero-order valence-corrected chi connectivity index (χ0v) is 22.1. The molecule has 0 saturated heterocycles. The number of carbonyl (C=O) groups is 3. The number of imide groups is 1. The number of carboxylic acid groups (broad SMARTS) is 1. The summed E-state index contributed by atoms with van der Waals surface area (Å²) in [4.78, 5) is 38.4. The molecule has 0 bridgehead atoms. The Morgan fingerprint density at radius 2 is 1.76 bits per heavy atom. The van der Waals surface area contributed by atoms with E-state index in [9.17, 15) is 19.5 Å². The number of benzene rings is 2. The summed E-state index contributed by atoms with van der Waals surface area (Å²) < 4.78 is 6.03. The summed E-state index contributed by atoms with van der Waals surface area (Å²) >= 11 is 5.90. The van der Waals surface area contributed by atoms with Crippen molar-refractivity contribution in [1.82, 2.24) is 21.2 Å². The van der Waals surface area contributed by atoms with Gasteiger partial charge in [0.2, 0.25) is 0 Å². The quantitative estimate of drug-likeness (QED) is 0.195. The lowest BCUT2D eigenvalue weighted by Crippen LogP contribution is -2.58. The van der Waals surface area contributed by atoms with E-state index >= 15 is 0 Å². The summed E-state index contributed by atoms with van der Waals surface area (Å²) in [7, 11) is 0. The highest BCUT2D eigenvalue weighted by atomic mass is 35.5. The predicted octanol–water partition coefficient (Wildman–Crippen LogP) is 5.22. The Morgan fingerprint density at radius 3 is 2.50 bits per heavy atom. The molecular formula is C27H32ClN5O5. The first-order valence-electron chi connectivity index (χ1n) is 12.6. The molecule has 4 amide bonds. The number of nitrogens with zero attached hydrogens (tertiary/aromatic N) is 1. The molecule has 202 valence electrons. The third-order valence-corrected chi connectivity index (χ3v) is 7.15. The van der Waals surface area contributed by atoms with Crippen LogP contribution in [-0.2, 0) is 24.2 Å². The number of hydrogen-bond donors (Lipinski definition) is 5. The maximum Gasteiger partial charge on any atom is 0.341 e. The van der Waals surface area contributed by atoms with E-state index in [4.69, 9.17) is 16.0 Å². The van der Waals surface area contributed by atoms with Gasteiger partial charge in [-0.15, -0.1) is 5.53 Å². The van der Waals surface area contributed by atoms with E-state index in [1.807, 2.05) is 18.2 Å². The lowest BCUT2D eigenvalue weighted by atomic mass is 10.0. The first-order valence-corrected chi connectivity index (χ1v) is 13.0. The Kier molecular flexibility index (Phi) is 8.75. The van der Waals surface area contributed by atoms with Gasteiger partial charge in [0.25, 0.3) is 0 Å². The van der Waals surface area contributed by atoms with E-state index in [1.165, 1.54) is 25.8 Å². The molecule has 4 rings (SSSR count). The Balaban J connectivity index is 1.41. The second-order valence-electron chi connectivity index (χ2n) is 9.48. The fraction of sp³-hybridized carbons (Fsp3) is 0.370. The Hall–Kier alpha value is -3.76. The van der Waals surface area contributed by atoms with Crippen molar-refractivity contribution in [2.45, 2.75) is 58.5 Å². The van der Waals surface area contributed by atoms with Crippen LogP contribution in [0.4, 0.5) is 15.3 Å². The molecule has 0 spiro atoms. The number of rotatable bonds is 8. The standard InChI is InChI=1S/C27H32ClN5O5/c1-16(25(34)35)17(2)33(26(36)29-15-18-8-10-19(28)11-9-18)27(37)31-32-30-20-12-13-24-22(14-20)21-6-4-3-5-7-23(21)38-24/h8-14,16-17,30,32H,3-7,15H2,1-2H3,(H,29,36)(H,31,37)(H,34,35)/t16-,17+/m1/s1. The number of furan rings is 1. The minimum absolute atomic E-state index is 0.134. The smallest absolute Gasteiger partial charge is 0.341 e. The van der Waals surface area contributed by atoms with Gasteiger partial charge in [0, 0.05) is 28.9 Å². The summed E-state index contributed by atoms with van der Waals surface area (Å²) in [5.74, 6) is -1.08. The van der Waals surface area contributed by atoms with Crippen LogP contribution in [0.3, 0.4) is 0 Å². The number of aliphatic carboxylic acids is 1. The zero-order chi connectivity index (χ0) is 27.2. The van der Waals surface area contributed by atoms with Gasteiger partial charge in [-0.2, -0.15) is 0 Å². The SMILES string of the molecule is C[C@@H](C(=O)O)[C@H](C)N(C(=O)NCc1ccc(Cl)cc1)C(=O)NNNc1ccc2oc3c(c2c1)CCCCC3. The van der Waals surface area contributed by atoms with Crippen molar-refractivity contribution in [1.29, 1.82) is 0 Å². The summed E-state index contributed by atoms with van der Waals surface area (Å²) in [6.07, 6.45) is 5.32. The van der Waals surface area contributed by atoms with Gasteiger partial charge in [0.05, 0.1) is 17.6 Å². The molecule has 1 aromatic heterocycles. The van der Waals surface area contributed by atoms with E-state index in [2.05, 4.69) is 21.7 Å². The van der Waals surface area contributed by atoms with Crippen LogP contribution in [0.2, 0.25) is 5.02 Å². The molecular weight excluding hydrogens is 510 g/mol. The molecule has 0 radical (unpaired) electrons. The minimum atomic E-state index is -1.13. The fourth-order valence-electron chi connectivity index (χ4n) is 4.49. The second-order valence-corrected chi connectivity index (χ2v) is 9.91. The Morgan fingerprint density at radius 1 is 1.03 bits per heavy atom. The highest BCUT2D eigenvalue weighted by Gasteiger charge is 2.33. The van der Waals surface area contributed by atoms with E-state index in [0.29, 0.717) is 10.7 Å². The third kappa shape index (κ3) is 6.38. The maximum absolute atomic E-state index is 13.0. The van der Waals surface area contributed by atoms with Crippen LogP contribution in [0.5, 0.6) is 0 Å². The van der Waals surface area contributed by atoms with Crippen LogP contribution in [0.15, 0.2) is 46.9 Å². The van der Waals surface area contributed by atoms with Crippen molar-refractivity contribution in [3.05, 3.63) is 64.4 Å². The number of carbonyl (C=O) groups excluding carboxylic acids is 2. The number of halogens is 1. The van der Waals surface area contributed by atoms with E-state index in [1.54, 1.807) is 24.3 Å². The molecule has 1 aliphatic carbocycles. The normalized spacial score (nSPS) is 14.6. The van der Waals surface area contributed by atoms with Crippen LogP contribution >= 0.6 is 11.6 Å². The number of hydrogen-bond acceptors (Lipinski definition) is 6. The largest absolute Gasteiger partial charge is 0.481 e. The number of fused-ring (bicyclic) bond motifs is 3. The van der Waals surface area contributed by atoms with Crippen LogP contribution in [0.25, 0.3) is 11.0 Å².